The van der Waals surface area contributed by atoms with Gasteiger partial charge in [0.25, 0.3) is 0 Å². The maximum Gasteiger partial charge on any atom is 0.313 e. The highest BCUT2D eigenvalue weighted by atomic mass is 16.6. The zero-order valence-corrected chi connectivity index (χ0v) is 17.4. The summed E-state index contributed by atoms with van der Waals surface area (Å²) in [4.78, 5) is 20.9. The van der Waals surface area contributed by atoms with E-state index in [2.05, 4.69) is 11.7 Å². The highest BCUT2D eigenvalue weighted by Gasteiger charge is 2.01. The molecule has 3 nitrogen and oxygen atoms in total. The van der Waals surface area contributed by atoms with Gasteiger partial charge < -0.3 is 4.74 Å². The van der Waals surface area contributed by atoms with E-state index < -0.39 is 5.97 Å². The van der Waals surface area contributed by atoms with Gasteiger partial charge >= 0.3 is 12.4 Å². The second-order valence-electron chi connectivity index (χ2n) is 7.70. The summed E-state index contributed by atoms with van der Waals surface area (Å²) in [6, 6.07) is 0. The van der Waals surface area contributed by atoms with Crippen molar-refractivity contribution in [2.24, 2.45) is 0 Å². The molecule has 0 N–H and O–H groups in total. The molecule has 0 saturated heterocycles. The first kappa shape index (κ1) is 25.1. The number of rotatable bonds is 21. The van der Waals surface area contributed by atoms with Crippen LogP contribution in [0.2, 0.25) is 0 Å². The smallest absolute Gasteiger partial charge is 0.313 e. The summed E-state index contributed by atoms with van der Waals surface area (Å²) in [6.07, 6.45) is 25.9. The molecule has 3 heteroatoms. The Balaban J connectivity index is 3.03. The maximum atomic E-state index is 11.0. The first-order chi connectivity index (χ1) is 12.8. The van der Waals surface area contributed by atoms with Gasteiger partial charge in [0, 0.05) is 6.42 Å². The molecule has 0 aliphatic carbocycles. The SMILES string of the molecule is CCCCCCCCCCCCCCCCCCCCCC(=O)OC=O. The monoisotopic (exact) mass is 368 g/mol. The molecule has 0 amide bonds. The minimum Gasteiger partial charge on any atom is -0.395 e. The first-order valence-electron chi connectivity index (χ1n) is 11.4. The number of carbonyl (C=O) groups is 2. The lowest BCUT2D eigenvalue weighted by atomic mass is 10.0. The van der Waals surface area contributed by atoms with Crippen LogP contribution in [0.25, 0.3) is 0 Å². The summed E-state index contributed by atoms with van der Waals surface area (Å²) in [6.45, 7) is 2.50. The van der Waals surface area contributed by atoms with Crippen molar-refractivity contribution < 1.29 is 14.3 Å². The molecule has 0 radical (unpaired) electrons. The summed E-state index contributed by atoms with van der Waals surface area (Å²) in [5.74, 6) is -0.396. The molecule has 0 heterocycles. The van der Waals surface area contributed by atoms with Crippen molar-refractivity contribution in [2.45, 2.75) is 135 Å². The number of esters is 1. The Morgan fingerprint density at radius 2 is 0.885 bits per heavy atom. The molecule has 26 heavy (non-hydrogen) atoms. The molecule has 0 aromatic rings. The molecule has 0 bridgehead atoms. The van der Waals surface area contributed by atoms with Crippen molar-refractivity contribution in [1.29, 1.82) is 0 Å². The van der Waals surface area contributed by atoms with Crippen molar-refractivity contribution in [3.8, 4) is 0 Å². The van der Waals surface area contributed by atoms with Gasteiger partial charge in [-0.05, 0) is 6.42 Å². The zero-order valence-electron chi connectivity index (χ0n) is 17.4. The molecule has 0 unspecified atom stereocenters. The lowest BCUT2D eigenvalue weighted by Gasteiger charge is -2.04. The molecule has 0 rings (SSSR count). The van der Waals surface area contributed by atoms with E-state index in [4.69, 9.17) is 0 Å². The van der Waals surface area contributed by atoms with Crippen LogP contribution in [0.1, 0.15) is 135 Å². The Bertz CT molecular complexity index is 302. The van der Waals surface area contributed by atoms with E-state index in [0.29, 0.717) is 6.42 Å². The average Bonchev–Trinajstić information content (AvgIpc) is 2.64. The third-order valence-corrected chi connectivity index (χ3v) is 5.16. The van der Waals surface area contributed by atoms with Crippen LogP contribution in [0.15, 0.2) is 0 Å². The number of unbranched alkanes of at least 4 members (excludes halogenated alkanes) is 18. The first-order valence-corrected chi connectivity index (χ1v) is 11.4. The molecular formula is C23H44O3. The Hall–Kier alpha value is -0.860. The van der Waals surface area contributed by atoms with Crippen LogP contribution in [0.5, 0.6) is 0 Å². The van der Waals surface area contributed by atoms with Crippen LogP contribution in [0.4, 0.5) is 0 Å². The van der Waals surface area contributed by atoms with Crippen molar-refractivity contribution in [3.05, 3.63) is 0 Å². The summed E-state index contributed by atoms with van der Waals surface area (Å²) in [5.41, 5.74) is 0. The van der Waals surface area contributed by atoms with Crippen molar-refractivity contribution in [2.75, 3.05) is 0 Å². The van der Waals surface area contributed by atoms with Gasteiger partial charge in [0.15, 0.2) is 0 Å². The minimum atomic E-state index is -0.396. The van der Waals surface area contributed by atoms with Crippen LogP contribution < -0.4 is 0 Å². The summed E-state index contributed by atoms with van der Waals surface area (Å²) < 4.78 is 4.26. The predicted molar refractivity (Wildman–Crippen MR) is 110 cm³/mol. The lowest BCUT2D eigenvalue weighted by Crippen LogP contribution is -2.01. The normalized spacial score (nSPS) is 10.8. The average molecular weight is 369 g/mol. The molecule has 0 fully saturated rings. The van der Waals surface area contributed by atoms with Crippen molar-refractivity contribution in [3.63, 3.8) is 0 Å². The second-order valence-corrected chi connectivity index (χ2v) is 7.70. The molecule has 0 atom stereocenters. The predicted octanol–water partition coefficient (Wildman–Crippen LogP) is 7.51. The van der Waals surface area contributed by atoms with Gasteiger partial charge in [-0.1, -0.05) is 122 Å². The van der Waals surface area contributed by atoms with E-state index >= 15 is 0 Å². The van der Waals surface area contributed by atoms with E-state index in [1.807, 2.05) is 0 Å². The van der Waals surface area contributed by atoms with E-state index in [-0.39, 0.29) is 6.47 Å². The Morgan fingerprint density at radius 1 is 0.577 bits per heavy atom. The summed E-state index contributed by atoms with van der Waals surface area (Å²) in [7, 11) is 0. The van der Waals surface area contributed by atoms with Gasteiger partial charge in [-0.15, -0.1) is 0 Å². The van der Waals surface area contributed by atoms with Gasteiger partial charge in [0.1, 0.15) is 0 Å². The number of hydrogen-bond acceptors (Lipinski definition) is 3. The third-order valence-electron chi connectivity index (χ3n) is 5.16. The lowest BCUT2D eigenvalue weighted by molar-refractivity contribution is -0.151. The number of carbonyl (C=O) groups excluding carboxylic acids is 2. The Kier molecular flexibility index (Phi) is 21.4. The highest BCUT2D eigenvalue weighted by Crippen LogP contribution is 2.14. The standard InChI is InChI=1S/C23H44O3/c1-2-3-4-5-6-7-8-9-10-11-12-13-14-15-16-17-18-19-20-21-23(25)26-22-24/h22H,2-21H2,1H3. The molecular weight excluding hydrogens is 324 g/mol. The van der Waals surface area contributed by atoms with Crippen LogP contribution in [-0.2, 0) is 14.3 Å². The fourth-order valence-corrected chi connectivity index (χ4v) is 3.46. The molecule has 154 valence electrons. The summed E-state index contributed by atoms with van der Waals surface area (Å²) in [5, 5.41) is 0. The quantitative estimate of drug-likeness (QED) is 0.0911. The second kappa shape index (κ2) is 22.2. The topological polar surface area (TPSA) is 43.4 Å². The molecule has 0 saturated carbocycles. The van der Waals surface area contributed by atoms with Gasteiger partial charge in [-0.3, -0.25) is 9.59 Å². The fourth-order valence-electron chi connectivity index (χ4n) is 3.46. The van der Waals surface area contributed by atoms with E-state index in [9.17, 15) is 9.59 Å². The van der Waals surface area contributed by atoms with E-state index in [1.54, 1.807) is 0 Å². The van der Waals surface area contributed by atoms with Gasteiger partial charge in [0.05, 0.1) is 0 Å². The van der Waals surface area contributed by atoms with Gasteiger partial charge in [-0.2, -0.15) is 0 Å². The van der Waals surface area contributed by atoms with Crippen LogP contribution >= 0.6 is 0 Å². The highest BCUT2D eigenvalue weighted by molar-refractivity contribution is 5.76. The molecule has 0 aromatic heterocycles. The zero-order chi connectivity index (χ0) is 19.1. The molecule has 0 aliphatic rings. The summed E-state index contributed by atoms with van der Waals surface area (Å²) >= 11 is 0. The maximum absolute atomic E-state index is 11.0. The third kappa shape index (κ3) is 21.2. The van der Waals surface area contributed by atoms with Crippen molar-refractivity contribution >= 4 is 12.4 Å². The van der Waals surface area contributed by atoms with Gasteiger partial charge in [0.2, 0.25) is 0 Å². The molecule has 0 spiro atoms. The number of ether oxygens (including phenoxy) is 1. The molecule has 0 aromatic carbocycles. The molecule has 0 aliphatic heterocycles. The number of hydrogen-bond donors (Lipinski definition) is 0. The van der Waals surface area contributed by atoms with Crippen LogP contribution in [-0.4, -0.2) is 12.4 Å². The Labute approximate surface area is 162 Å². The van der Waals surface area contributed by atoms with E-state index in [1.165, 1.54) is 109 Å². The minimum absolute atomic E-state index is 0.220. The van der Waals surface area contributed by atoms with Crippen LogP contribution in [0.3, 0.4) is 0 Å². The Morgan fingerprint density at radius 3 is 1.19 bits per heavy atom. The van der Waals surface area contributed by atoms with Gasteiger partial charge in [-0.25, -0.2) is 0 Å². The van der Waals surface area contributed by atoms with E-state index in [0.717, 1.165) is 12.8 Å². The fraction of sp³-hybridized carbons (Fsp3) is 0.913. The van der Waals surface area contributed by atoms with Crippen molar-refractivity contribution in [1.82, 2.24) is 0 Å². The van der Waals surface area contributed by atoms with Crippen LogP contribution in [0, 0.1) is 0 Å². The largest absolute Gasteiger partial charge is 0.395 e.